The minimum Gasteiger partial charge on any atom is -0.469 e. The van der Waals surface area contributed by atoms with Crippen molar-refractivity contribution in [3.05, 3.63) is 118 Å². The summed E-state index contributed by atoms with van der Waals surface area (Å²) in [5, 5.41) is 0.770. The highest BCUT2D eigenvalue weighted by Gasteiger charge is 2.29. The third-order valence-electron chi connectivity index (χ3n) is 8.28. The molecule has 3 aromatic carbocycles. The van der Waals surface area contributed by atoms with E-state index in [-0.39, 0.29) is 23.1 Å². The fraction of sp³-hybridized carbons (Fsp3) is 0.300. The van der Waals surface area contributed by atoms with Gasteiger partial charge in [-0.2, -0.15) is 0 Å². The molecule has 2 heterocycles. The van der Waals surface area contributed by atoms with Crippen LogP contribution in [0.3, 0.4) is 0 Å². The Kier molecular flexibility index (Phi) is 14.0. The first-order chi connectivity index (χ1) is 24.1. The van der Waals surface area contributed by atoms with Crippen LogP contribution in [0.5, 0.6) is 0 Å². The molecule has 0 N–H and O–H groups in total. The van der Waals surface area contributed by atoms with Crippen molar-refractivity contribution in [2.24, 2.45) is 0 Å². The van der Waals surface area contributed by atoms with Gasteiger partial charge >= 0.3 is 11.9 Å². The number of hydrogen-bond acceptors (Lipinski definition) is 8. The van der Waals surface area contributed by atoms with Crippen molar-refractivity contribution in [1.82, 2.24) is 19.9 Å². The van der Waals surface area contributed by atoms with Crippen LogP contribution < -0.4 is 0 Å². The zero-order valence-corrected chi connectivity index (χ0v) is 30.8. The van der Waals surface area contributed by atoms with Crippen molar-refractivity contribution < 1.29 is 19.1 Å². The van der Waals surface area contributed by atoms with E-state index in [1.54, 1.807) is 0 Å². The molecular weight excluding hydrogens is 671 g/mol. The van der Waals surface area contributed by atoms with E-state index in [1.165, 1.54) is 14.2 Å². The number of esters is 2. The highest BCUT2D eigenvalue weighted by Crippen LogP contribution is 2.37. The molecule has 0 fully saturated rings. The molecular formula is C40H42Cl2N4O4. The van der Waals surface area contributed by atoms with Gasteiger partial charge in [0.1, 0.15) is 0 Å². The number of aryl methyl sites for hydroxylation is 2. The summed E-state index contributed by atoms with van der Waals surface area (Å²) >= 11 is 12.4. The molecule has 0 spiro atoms. The third-order valence-corrected chi connectivity index (χ3v) is 8.78. The highest BCUT2D eigenvalue weighted by atomic mass is 35.5. The van der Waals surface area contributed by atoms with E-state index >= 15 is 0 Å². The minimum absolute atomic E-state index is 0.181. The van der Waals surface area contributed by atoms with E-state index in [0.717, 1.165) is 52.0 Å². The Labute approximate surface area is 304 Å². The monoisotopic (exact) mass is 712 g/mol. The molecule has 8 nitrogen and oxygen atoms in total. The van der Waals surface area contributed by atoms with Gasteiger partial charge in [0, 0.05) is 39.2 Å². The highest BCUT2D eigenvalue weighted by molar-refractivity contribution is 6.33. The van der Waals surface area contributed by atoms with E-state index in [0.29, 0.717) is 35.1 Å². The number of hydrogen-bond donors (Lipinski definition) is 0. The summed E-state index contributed by atoms with van der Waals surface area (Å²) in [4.78, 5) is 42.9. The lowest BCUT2D eigenvalue weighted by molar-refractivity contribution is -0.143. The van der Waals surface area contributed by atoms with Crippen molar-refractivity contribution in [2.45, 2.75) is 65.2 Å². The molecule has 0 saturated carbocycles. The number of nitrogens with zero attached hydrogens (tertiary/aromatic N) is 4. The van der Waals surface area contributed by atoms with Crippen molar-refractivity contribution in [1.29, 1.82) is 0 Å². The molecule has 260 valence electrons. The van der Waals surface area contributed by atoms with E-state index in [9.17, 15) is 9.59 Å². The van der Waals surface area contributed by atoms with Crippen LogP contribution in [0, 0.1) is 13.8 Å². The fourth-order valence-corrected chi connectivity index (χ4v) is 6.41. The topological polar surface area (TPSA) is 104 Å². The number of carbonyl (C=O) groups excluding carboxylic acids is 2. The summed E-state index contributed by atoms with van der Waals surface area (Å²) < 4.78 is 10.1. The maximum atomic E-state index is 12.5. The van der Waals surface area contributed by atoms with Gasteiger partial charge in [0.15, 0.2) is 5.82 Å². The largest absolute Gasteiger partial charge is 0.469 e. The smallest absolute Gasteiger partial charge is 0.313 e. The van der Waals surface area contributed by atoms with E-state index < -0.39 is 5.92 Å². The molecule has 5 rings (SSSR count). The number of methoxy groups -OCH3 is 2. The first-order valence-corrected chi connectivity index (χ1v) is 17.3. The van der Waals surface area contributed by atoms with Crippen LogP contribution in [0.1, 0.15) is 73.9 Å². The van der Waals surface area contributed by atoms with Gasteiger partial charge in [0.25, 0.3) is 0 Å². The number of ether oxygens (including phenoxy) is 2. The second-order valence-electron chi connectivity index (χ2n) is 11.7. The van der Waals surface area contributed by atoms with Crippen molar-refractivity contribution >= 4 is 35.1 Å². The average molecular weight is 714 g/mol. The molecule has 10 heteroatoms. The maximum Gasteiger partial charge on any atom is 0.313 e. The summed E-state index contributed by atoms with van der Waals surface area (Å²) in [6, 6.07) is 27.0. The molecule has 2 unspecified atom stereocenters. The molecule has 5 aromatic rings. The lowest BCUT2D eigenvalue weighted by atomic mass is 9.89. The van der Waals surface area contributed by atoms with Crippen LogP contribution in [-0.4, -0.2) is 46.1 Å². The zero-order chi connectivity index (χ0) is 36.2. The molecule has 0 aliphatic heterocycles. The predicted octanol–water partition coefficient (Wildman–Crippen LogP) is 9.99. The van der Waals surface area contributed by atoms with Crippen molar-refractivity contribution in [2.75, 3.05) is 14.2 Å². The van der Waals surface area contributed by atoms with Crippen LogP contribution >= 0.6 is 23.2 Å². The first kappa shape index (κ1) is 38.1. The Hall–Kier alpha value is -4.66. The second-order valence-corrected chi connectivity index (χ2v) is 12.4. The quantitative estimate of drug-likeness (QED) is 0.0984. The zero-order valence-electron chi connectivity index (χ0n) is 29.2. The molecule has 0 amide bonds. The third kappa shape index (κ3) is 9.11. The van der Waals surface area contributed by atoms with Crippen LogP contribution in [0.15, 0.2) is 84.9 Å². The van der Waals surface area contributed by atoms with Gasteiger partial charge in [0.2, 0.25) is 5.28 Å². The fourth-order valence-electron chi connectivity index (χ4n) is 5.98. The Bertz CT molecular complexity index is 1910. The Morgan fingerprint density at radius 3 is 1.52 bits per heavy atom. The number of carbonyl (C=O) groups is 2. The molecule has 2 atom stereocenters. The standard InChI is InChI=1S/C23H23ClN2O2.C17H19ClN2O2/c1-4-10-18(23(27)28-3)20-15(2)25-22(17-13-8-9-14-19(17)24)26-21(20)16-11-6-5-7-12-16;1-4-8-13(16(21)22-3)14-11(2)19-17(18)20-15(14)12-9-6-5-7-10-12/h5-9,11-14,18H,4,10H2,1-3H3;5-7,9-10,13H,4,8H2,1-3H3. The minimum atomic E-state index is -0.412. The van der Waals surface area contributed by atoms with Gasteiger partial charge in [0.05, 0.1) is 42.5 Å². The van der Waals surface area contributed by atoms with Gasteiger partial charge < -0.3 is 9.47 Å². The maximum absolute atomic E-state index is 12.5. The number of rotatable bonds is 11. The summed E-state index contributed by atoms with van der Waals surface area (Å²) in [5.74, 6) is -0.789. The molecule has 2 aromatic heterocycles. The molecule has 0 aliphatic carbocycles. The molecule has 0 aliphatic rings. The molecule has 0 saturated heterocycles. The van der Waals surface area contributed by atoms with E-state index in [1.807, 2.05) is 113 Å². The summed E-state index contributed by atoms with van der Waals surface area (Å²) in [6.45, 7) is 7.84. The Balaban J connectivity index is 0.000000232. The van der Waals surface area contributed by atoms with E-state index in [2.05, 4.69) is 9.97 Å². The molecule has 0 radical (unpaired) electrons. The van der Waals surface area contributed by atoms with Gasteiger partial charge in [-0.1, -0.05) is 111 Å². The normalized spacial score (nSPS) is 11.9. The van der Waals surface area contributed by atoms with Crippen LogP contribution in [-0.2, 0) is 19.1 Å². The van der Waals surface area contributed by atoms with Crippen molar-refractivity contribution in [3.63, 3.8) is 0 Å². The Morgan fingerprint density at radius 2 is 1.06 bits per heavy atom. The SMILES string of the molecule is CCCC(C(=O)OC)c1c(C)nc(-c2ccccc2Cl)nc1-c1ccccc1.CCCC(C(=O)OC)c1c(C)nc(Cl)nc1-c1ccccc1. The predicted molar refractivity (Wildman–Crippen MR) is 199 cm³/mol. The average Bonchev–Trinajstić information content (AvgIpc) is 3.13. The summed E-state index contributed by atoms with van der Waals surface area (Å²) in [6.07, 6.45) is 3.05. The number of halogens is 2. The van der Waals surface area contributed by atoms with E-state index in [4.69, 9.17) is 42.6 Å². The van der Waals surface area contributed by atoms with Crippen LogP contribution in [0.4, 0.5) is 0 Å². The number of aromatic nitrogens is 4. The summed E-state index contributed by atoms with van der Waals surface area (Å²) in [5.41, 5.74) is 7.13. The summed E-state index contributed by atoms with van der Waals surface area (Å²) in [7, 11) is 2.82. The van der Waals surface area contributed by atoms with Crippen molar-refractivity contribution in [3.8, 4) is 33.9 Å². The molecule has 0 bridgehead atoms. The lowest BCUT2D eigenvalue weighted by Crippen LogP contribution is -2.18. The first-order valence-electron chi connectivity index (χ1n) is 16.6. The van der Waals surface area contributed by atoms with Gasteiger partial charge in [-0.3, -0.25) is 9.59 Å². The van der Waals surface area contributed by atoms with Crippen LogP contribution in [0.2, 0.25) is 10.3 Å². The number of benzene rings is 3. The van der Waals surface area contributed by atoms with Gasteiger partial charge in [-0.05, 0) is 50.4 Å². The Morgan fingerprint density at radius 1 is 0.620 bits per heavy atom. The van der Waals surface area contributed by atoms with Gasteiger partial charge in [-0.25, -0.2) is 19.9 Å². The van der Waals surface area contributed by atoms with Crippen LogP contribution in [0.25, 0.3) is 33.9 Å². The molecule has 50 heavy (non-hydrogen) atoms. The second kappa shape index (κ2) is 18.4. The lowest BCUT2D eigenvalue weighted by Gasteiger charge is -2.20. The van der Waals surface area contributed by atoms with Gasteiger partial charge in [-0.15, -0.1) is 0 Å².